The first-order chi connectivity index (χ1) is 15.0. The molecule has 7 nitrogen and oxygen atoms in total. The maximum atomic E-state index is 13.0. The Morgan fingerprint density at radius 2 is 1.71 bits per heavy atom. The van der Waals surface area contributed by atoms with Crippen LogP contribution in [0.3, 0.4) is 0 Å². The van der Waals surface area contributed by atoms with Gasteiger partial charge in [0.2, 0.25) is 0 Å². The molecule has 156 valence electrons. The van der Waals surface area contributed by atoms with Crippen LogP contribution < -0.4 is 0 Å². The monoisotopic (exact) mass is 416 g/mol. The molecule has 7 heteroatoms. The Labute approximate surface area is 178 Å². The number of fused-ring (bicyclic) bond motifs is 3. The Kier molecular flexibility index (Phi) is 3.70. The zero-order chi connectivity index (χ0) is 21.3. The van der Waals surface area contributed by atoms with Crippen molar-refractivity contribution in [3.05, 3.63) is 59.9 Å². The molecule has 0 radical (unpaired) electrons. The zero-order valence-electron chi connectivity index (χ0n) is 16.9. The van der Waals surface area contributed by atoms with E-state index in [9.17, 15) is 14.4 Å². The molecule has 1 aromatic carbocycles. The average Bonchev–Trinajstić information content (AvgIpc) is 3.07. The second kappa shape index (κ2) is 6.26. The van der Waals surface area contributed by atoms with E-state index in [1.165, 1.54) is 13.3 Å². The van der Waals surface area contributed by atoms with Gasteiger partial charge in [0.1, 0.15) is 11.5 Å². The molecule has 31 heavy (non-hydrogen) atoms. The lowest BCUT2D eigenvalue weighted by molar-refractivity contribution is -0.141. The lowest BCUT2D eigenvalue weighted by atomic mass is 9.85. The molecule has 1 spiro atoms. The summed E-state index contributed by atoms with van der Waals surface area (Å²) in [4.78, 5) is 37.5. The lowest BCUT2D eigenvalue weighted by Crippen LogP contribution is -2.30. The number of methoxy groups -OCH3 is 1. The Balaban J connectivity index is 1.19. The molecule has 4 atom stereocenters. The van der Waals surface area contributed by atoms with E-state index in [4.69, 9.17) is 9.15 Å². The van der Waals surface area contributed by atoms with E-state index in [0.717, 1.165) is 23.4 Å². The third kappa shape index (κ3) is 2.46. The second-order valence-corrected chi connectivity index (χ2v) is 8.72. The lowest BCUT2D eigenvalue weighted by Gasteiger charge is -2.18. The van der Waals surface area contributed by atoms with Gasteiger partial charge in [-0.2, -0.15) is 10.1 Å². The van der Waals surface area contributed by atoms with E-state index in [1.807, 2.05) is 0 Å². The van der Waals surface area contributed by atoms with Crippen LogP contribution in [-0.4, -0.2) is 36.1 Å². The molecule has 2 saturated carbocycles. The highest BCUT2D eigenvalue weighted by molar-refractivity contribution is 6.07. The summed E-state index contributed by atoms with van der Waals surface area (Å²) >= 11 is 0. The van der Waals surface area contributed by atoms with Crippen LogP contribution in [0.4, 0.5) is 0 Å². The molecule has 2 aromatic rings. The van der Waals surface area contributed by atoms with Gasteiger partial charge in [0.05, 0.1) is 30.7 Å². The fraction of sp³-hybridized carbons (Fsp3) is 0.333. The van der Waals surface area contributed by atoms with Crippen LogP contribution in [0.1, 0.15) is 29.0 Å². The van der Waals surface area contributed by atoms with Gasteiger partial charge in [-0.15, -0.1) is 0 Å². The summed E-state index contributed by atoms with van der Waals surface area (Å²) in [5.41, 5.74) is 1.41. The Hall–Kier alpha value is -3.48. The van der Waals surface area contributed by atoms with Gasteiger partial charge in [-0.25, -0.2) is 4.79 Å². The van der Waals surface area contributed by atoms with Gasteiger partial charge in [0, 0.05) is 5.56 Å². The number of benzene rings is 1. The number of carbonyl (C=O) groups excluding carboxylic acids is 3. The molecule has 0 unspecified atom stereocenters. The third-order valence-corrected chi connectivity index (χ3v) is 7.35. The normalized spacial score (nSPS) is 29.4. The maximum absolute atomic E-state index is 13.0. The van der Waals surface area contributed by atoms with Crippen molar-refractivity contribution >= 4 is 24.0 Å². The minimum absolute atomic E-state index is 0.176. The van der Waals surface area contributed by atoms with Crippen LogP contribution in [0.2, 0.25) is 0 Å². The average molecular weight is 416 g/mol. The van der Waals surface area contributed by atoms with E-state index >= 15 is 0 Å². The number of amides is 2. The molecule has 1 saturated heterocycles. The smallest absolute Gasteiger partial charge is 0.337 e. The number of imide groups is 1. The number of hydrogen-bond donors (Lipinski definition) is 0. The summed E-state index contributed by atoms with van der Waals surface area (Å²) in [6, 6.07) is 10.3. The van der Waals surface area contributed by atoms with Gasteiger partial charge in [-0.05, 0) is 54.4 Å². The summed E-state index contributed by atoms with van der Waals surface area (Å²) < 4.78 is 10.5. The van der Waals surface area contributed by atoms with E-state index in [2.05, 4.69) is 17.3 Å². The Morgan fingerprint density at radius 3 is 2.29 bits per heavy atom. The molecular weight excluding hydrogens is 396 g/mol. The van der Waals surface area contributed by atoms with Crippen LogP contribution in [0.5, 0.6) is 0 Å². The predicted molar refractivity (Wildman–Crippen MR) is 110 cm³/mol. The van der Waals surface area contributed by atoms with Gasteiger partial charge >= 0.3 is 5.97 Å². The molecule has 3 fully saturated rings. The number of carbonyl (C=O) groups is 3. The quantitative estimate of drug-likeness (QED) is 0.330. The molecular formula is C24H20N2O5. The number of nitrogens with zero attached hydrogens (tertiary/aromatic N) is 2. The van der Waals surface area contributed by atoms with Crippen molar-refractivity contribution in [2.24, 2.45) is 34.2 Å². The summed E-state index contributed by atoms with van der Waals surface area (Å²) in [6.45, 7) is 0. The van der Waals surface area contributed by atoms with E-state index in [-0.39, 0.29) is 40.9 Å². The minimum atomic E-state index is -0.403. The topological polar surface area (TPSA) is 89.2 Å². The summed E-state index contributed by atoms with van der Waals surface area (Å²) in [5.74, 6) is 0.0741. The molecule has 1 aliphatic heterocycles. The molecule has 6 rings (SSSR count). The van der Waals surface area contributed by atoms with Crippen molar-refractivity contribution < 1.29 is 23.5 Å². The molecule has 3 aliphatic carbocycles. The first kappa shape index (κ1) is 18.3. The van der Waals surface area contributed by atoms with Gasteiger partial charge in [0.15, 0.2) is 0 Å². The van der Waals surface area contributed by atoms with Crippen molar-refractivity contribution in [3.63, 3.8) is 0 Å². The highest BCUT2D eigenvalue weighted by atomic mass is 16.5. The molecule has 2 heterocycles. The van der Waals surface area contributed by atoms with Crippen molar-refractivity contribution in [2.45, 2.75) is 12.8 Å². The van der Waals surface area contributed by atoms with Crippen LogP contribution in [-0.2, 0) is 14.3 Å². The van der Waals surface area contributed by atoms with Crippen molar-refractivity contribution in [1.82, 2.24) is 5.01 Å². The van der Waals surface area contributed by atoms with Crippen LogP contribution in [0.15, 0.2) is 58.1 Å². The van der Waals surface area contributed by atoms with Crippen LogP contribution >= 0.6 is 0 Å². The van der Waals surface area contributed by atoms with E-state index in [1.54, 1.807) is 36.4 Å². The molecule has 4 aliphatic rings. The Morgan fingerprint density at radius 1 is 1.06 bits per heavy atom. The number of rotatable bonds is 4. The largest absolute Gasteiger partial charge is 0.465 e. The highest BCUT2D eigenvalue weighted by Gasteiger charge is 2.73. The first-order valence-corrected chi connectivity index (χ1v) is 10.4. The summed E-state index contributed by atoms with van der Waals surface area (Å²) in [5, 5.41) is 5.22. The number of hydrazone groups is 1. The molecule has 2 amide bonds. The van der Waals surface area contributed by atoms with Gasteiger partial charge in [-0.3, -0.25) is 9.59 Å². The predicted octanol–water partition coefficient (Wildman–Crippen LogP) is 3.26. The maximum Gasteiger partial charge on any atom is 0.337 e. The van der Waals surface area contributed by atoms with Gasteiger partial charge < -0.3 is 9.15 Å². The van der Waals surface area contributed by atoms with Crippen LogP contribution in [0.25, 0.3) is 11.3 Å². The highest BCUT2D eigenvalue weighted by Crippen LogP contribution is 2.73. The number of esters is 1. The first-order valence-electron chi connectivity index (χ1n) is 10.4. The summed E-state index contributed by atoms with van der Waals surface area (Å²) in [7, 11) is 1.34. The van der Waals surface area contributed by atoms with Crippen molar-refractivity contribution in [3.8, 4) is 11.3 Å². The fourth-order valence-corrected chi connectivity index (χ4v) is 5.76. The second-order valence-electron chi connectivity index (χ2n) is 8.72. The number of allylic oxidation sites excluding steroid dienone is 2. The summed E-state index contributed by atoms with van der Waals surface area (Å²) in [6.07, 6.45) is 7.91. The van der Waals surface area contributed by atoms with Gasteiger partial charge in [0.25, 0.3) is 11.8 Å². The number of hydrogen-bond acceptors (Lipinski definition) is 6. The van der Waals surface area contributed by atoms with Crippen LogP contribution in [0, 0.1) is 29.1 Å². The van der Waals surface area contributed by atoms with E-state index in [0.29, 0.717) is 17.1 Å². The number of furan rings is 1. The van der Waals surface area contributed by atoms with E-state index < -0.39 is 5.97 Å². The SMILES string of the molecule is COC(=O)c1ccc(-c2ccc(/C=N\N3C(=O)[C@@H]4[C@@H](C3=O)[C@@H]3C=C[C@H]4C34CC4)o2)cc1. The zero-order valence-corrected chi connectivity index (χ0v) is 16.9. The molecule has 1 aromatic heterocycles. The fourth-order valence-electron chi connectivity index (χ4n) is 5.76. The Bertz CT molecular complexity index is 1140. The minimum Gasteiger partial charge on any atom is -0.465 e. The van der Waals surface area contributed by atoms with Crippen molar-refractivity contribution in [2.75, 3.05) is 7.11 Å². The third-order valence-electron chi connectivity index (χ3n) is 7.35. The standard InChI is InChI=1S/C24H20N2O5/c1-30-23(29)14-4-2-13(3-5-14)18-9-6-15(31-18)12-25-26-21(27)19-16-7-8-17(20(19)22(26)28)24(16)10-11-24/h2-9,12,16-17,19-20H,10-11H2,1H3/b25-12-/t16-,17+,19-,20-/m0/s1. The van der Waals surface area contributed by atoms with Gasteiger partial charge in [-0.1, -0.05) is 24.3 Å². The molecule has 0 N–H and O–H groups in total. The number of ether oxygens (including phenoxy) is 1. The van der Waals surface area contributed by atoms with Crippen molar-refractivity contribution in [1.29, 1.82) is 0 Å². The molecule has 2 bridgehead atoms.